The number of benzene rings is 1. The van der Waals surface area contributed by atoms with E-state index in [1.807, 2.05) is 32.0 Å². The number of fused-ring (bicyclic) bond motifs is 1. The zero-order valence-corrected chi connectivity index (χ0v) is 12.7. The minimum Gasteiger partial charge on any atom is -0.487 e. The van der Waals surface area contributed by atoms with Gasteiger partial charge in [-0.15, -0.1) is 0 Å². The van der Waals surface area contributed by atoms with Crippen molar-refractivity contribution in [1.82, 2.24) is 15.1 Å². The predicted molar refractivity (Wildman–Crippen MR) is 83.3 cm³/mol. The fourth-order valence-electron chi connectivity index (χ4n) is 2.78. The topological polar surface area (TPSA) is 82.2 Å². The van der Waals surface area contributed by atoms with Gasteiger partial charge < -0.3 is 15.8 Å². The Hall–Kier alpha value is -2.50. The molecule has 0 saturated heterocycles. The molecule has 0 saturated carbocycles. The Labute approximate surface area is 129 Å². The molecular weight excluding hydrogens is 280 g/mol. The summed E-state index contributed by atoms with van der Waals surface area (Å²) in [7, 11) is 0. The Kier molecular flexibility index (Phi) is 3.52. The number of anilines is 1. The summed E-state index contributed by atoms with van der Waals surface area (Å²) in [5.74, 6) is 0.689. The number of aromatic nitrogens is 2. The van der Waals surface area contributed by atoms with Gasteiger partial charge in [-0.05, 0) is 38.1 Å². The molecule has 1 aliphatic rings. The van der Waals surface area contributed by atoms with Gasteiger partial charge >= 0.3 is 0 Å². The van der Waals surface area contributed by atoms with Gasteiger partial charge in [-0.3, -0.25) is 9.48 Å². The Morgan fingerprint density at radius 3 is 3.09 bits per heavy atom. The number of ether oxygens (including phenoxy) is 1. The van der Waals surface area contributed by atoms with Crippen LogP contribution in [-0.2, 0) is 11.3 Å². The molecule has 1 unspecified atom stereocenters. The van der Waals surface area contributed by atoms with Crippen molar-refractivity contribution in [2.75, 3.05) is 5.73 Å². The second-order valence-corrected chi connectivity index (χ2v) is 6.19. The van der Waals surface area contributed by atoms with Crippen LogP contribution in [0.3, 0.4) is 0 Å². The fraction of sp³-hybridized carbons (Fsp3) is 0.375. The molecule has 1 atom stereocenters. The van der Waals surface area contributed by atoms with Crippen molar-refractivity contribution in [3.63, 3.8) is 0 Å². The number of nitrogens with zero attached hydrogens (tertiary/aromatic N) is 2. The third kappa shape index (κ3) is 3.05. The molecule has 0 bridgehead atoms. The van der Waals surface area contributed by atoms with Crippen LogP contribution in [0, 0.1) is 0 Å². The van der Waals surface area contributed by atoms with Gasteiger partial charge in [0.2, 0.25) is 5.91 Å². The molecule has 1 amide bonds. The molecule has 1 aliphatic heterocycles. The third-order valence-electron chi connectivity index (χ3n) is 3.69. The van der Waals surface area contributed by atoms with Crippen LogP contribution in [0.4, 0.5) is 5.69 Å². The van der Waals surface area contributed by atoms with E-state index in [4.69, 9.17) is 10.5 Å². The van der Waals surface area contributed by atoms with Crippen LogP contribution in [0.25, 0.3) is 0 Å². The maximum absolute atomic E-state index is 12.2. The first-order chi connectivity index (χ1) is 10.4. The summed E-state index contributed by atoms with van der Waals surface area (Å²) in [5.41, 5.74) is 7.11. The molecule has 6 nitrogen and oxygen atoms in total. The van der Waals surface area contributed by atoms with Crippen molar-refractivity contribution in [3.8, 4) is 5.75 Å². The Morgan fingerprint density at radius 1 is 1.55 bits per heavy atom. The van der Waals surface area contributed by atoms with Crippen molar-refractivity contribution in [3.05, 3.63) is 42.2 Å². The largest absolute Gasteiger partial charge is 0.487 e. The van der Waals surface area contributed by atoms with E-state index in [1.165, 1.54) is 0 Å². The number of rotatable bonds is 3. The maximum Gasteiger partial charge on any atom is 0.242 e. The van der Waals surface area contributed by atoms with Crippen LogP contribution in [0.1, 0.15) is 31.9 Å². The molecule has 6 heteroatoms. The first kappa shape index (κ1) is 14.4. The number of nitrogens with one attached hydrogen (secondary N) is 1. The Balaban J connectivity index is 1.80. The zero-order chi connectivity index (χ0) is 15.7. The minimum absolute atomic E-state index is 0.0835. The minimum atomic E-state index is -0.341. The third-order valence-corrected chi connectivity index (χ3v) is 3.69. The van der Waals surface area contributed by atoms with E-state index in [0.717, 1.165) is 11.3 Å². The van der Waals surface area contributed by atoms with E-state index in [9.17, 15) is 4.79 Å². The van der Waals surface area contributed by atoms with Gasteiger partial charge in [-0.2, -0.15) is 5.10 Å². The monoisotopic (exact) mass is 300 g/mol. The molecule has 116 valence electrons. The van der Waals surface area contributed by atoms with E-state index in [2.05, 4.69) is 10.4 Å². The van der Waals surface area contributed by atoms with Crippen LogP contribution in [-0.4, -0.2) is 21.3 Å². The van der Waals surface area contributed by atoms with Crippen LogP contribution in [0.5, 0.6) is 5.75 Å². The average molecular weight is 300 g/mol. The van der Waals surface area contributed by atoms with Gasteiger partial charge in [-0.25, -0.2) is 0 Å². The normalized spacial score (nSPS) is 19.1. The first-order valence-electron chi connectivity index (χ1n) is 7.28. The zero-order valence-electron chi connectivity index (χ0n) is 12.7. The van der Waals surface area contributed by atoms with Crippen molar-refractivity contribution in [2.45, 2.75) is 38.5 Å². The molecule has 1 aromatic heterocycles. The highest BCUT2D eigenvalue weighted by Gasteiger charge is 2.34. The SMILES string of the molecule is CC1(C)CC(NC(=O)Cn2cccn2)c2cc(N)ccc2O1. The van der Waals surface area contributed by atoms with Gasteiger partial charge in [0.05, 0.1) is 6.04 Å². The van der Waals surface area contributed by atoms with Gasteiger partial charge in [0.1, 0.15) is 17.9 Å². The summed E-state index contributed by atoms with van der Waals surface area (Å²) in [6, 6.07) is 7.20. The summed E-state index contributed by atoms with van der Waals surface area (Å²) < 4.78 is 7.56. The number of carbonyl (C=O) groups excluding carboxylic acids is 1. The van der Waals surface area contributed by atoms with Crippen LogP contribution in [0.2, 0.25) is 0 Å². The highest BCUT2D eigenvalue weighted by atomic mass is 16.5. The Bertz CT molecular complexity index is 679. The van der Waals surface area contributed by atoms with Gasteiger partial charge in [-0.1, -0.05) is 0 Å². The molecule has 0 spiro atoms. The summed E-state index contributed by atoms with van der Waals surface area (Å²) >= 11 is 0. The smallest absolute Gasteiger partial charge is 0.242 e. The Morgan fingerprint density at radius 2 is 2.36 bits per heavy atom. The molecule has 0 radical (unpaired) electrons. The molecule has 1 aromatic carbocycles. The van der Waals surface area contributed by atoms with Crippen molar-refractivity contribution in [2.24, 2.45) is 0 Å². The average Bonchev–Trinajstić information content (AvgIpc) is 2.91. The lowest BCUT2D eigenvalue weighted by molar-refractivity contribution is -0.123. The number of nitrogen functional groups attached to an aromatic ring is 1. The highest BCUT2D eigenvalue weighted by molar-refractivity contribution is 5.76. The van der Waals surface area contributed by atoms with Gasteiger partial charge in [0.25, 0.3) is 0 Å². The lowest BCUT2D eigenvalue weighted by Gasteiger charge is -2.38. The molecular formula is C16H20N4O2. The second-order valence-electron chi connectivity index (χ2n) is 6.19. The van der Waals surface area contributed by atoms with E-state index in [-0.39, 0.29) is 24.1 Å². The molecule has 3 rings (SSSR count). The lowest BCUT2D eigenvalue weighted by atomic mass is 9.89. The van der Waals surface area contributed by atoms with Gasteiger partial charge in [0.15, 0.2) is 0 Å². The molecule has 2 aromatic rings. The van der Waals surface area contributed by atoms with E-state index in [1.54, 1.807) is 23.1 Å². The molecule has 3 N–H and O–H groups in total. The molecule has 0 fully saturated rings. The summed E-state index contributed by atoms with van der Waals surface area (Å²) in [5, 5.41) is 7.11. The lowest BCUT2D eigenvalue weighted by Crippen LogP contribution is -2.42. The predicted octanol–water partition coefficient (Wildman–Crippen LogP) is 1.88. The molecule has 0 aliphatic carbocycles. The van der Waals surface area contributed by atoms with E-state index >= 15 is 0 Å². The van der Waals surface area contributed by atoms with E-state index in [0.29, 0.717) is 12.1 Å². The second kappa shape index (κ2) is 5.36. The number of nitrogens with two attached hydrogens (primary N) is 1. The van der Waals surface area contributed by atoms with Crippen molar-refractivity contribution >= 4 is 11.6 Å². The standard InChI is InChI=1S/C16H20N4O2/c1-16(2)9-13(12-8-11(17)4-5-14(12)22-16)19-15(21)10-20-7-3-6-18-20/h3-8,13H,9-10,17H2,1-2H3,(H,19,21). The molecule has 22 heavy (non-hydrogen) atoms. The quantitative estimate of drug-likeness (QED) is 0.848. The van der Waals surface area contributed by atoms with Crippen LogP contribution in [0.15, 0.2) is 36.7 Å². The summed E-state index contributed by atoms with van der Waals surface area (Å²) in [6.45, 7) is 4.22. The van der Waals surface area contributed by atoms with E-state index < -0.39 is 0 Å². The van der Waals surface area contributed by atoms with Crippen molar-refractivity contribution < 1.29 is 9.53 Å². The fourth-order valence-corrected chi connectivity index (χ4v) is 2.78. The van der Waals surface area contributed by atoms with Gasteiger partial charge in [0, 0.05) is 30.1 Å². The van der Waals surface area contributed by atoms with Crippen LogP contribution < -0.4 is 15.8 Å². The van der Waals surface area contributed by atoms with Crippen molar-refractivity contribution in [1.29, 1.82) is 0 Å². The first-order valence-corrected chi connectivity index (χ1v) is 7.28. The number of hydrogen-bond acceptors (Lipinski definition) is 4. The number of carbonyl (C=O) groups is 1. The van der Waals surface area contributed by atoms with Crippen LogP contribution >= 0.6 is 0 Å². The maximum atomic E-state index is 12.2. The number of amides is 1. The summed E-state index contributed by atoms with van der Waals surface area (Å²) in [6.07, 6.45) is 4.11. The highest BCUT2D eigenvalue weighted by Crippen LogP contribution is 2.40. The molecule has 2 heterocycles. The summed E-state index contributed by atoms with van der Waals surface area (Å²) in [4.78, 5) is 12.2. The number of hydrogen-bond donors (Lipinski definition) is 2.